The van der Waals surface area contributed by atoms with Crippen LogP contribution >= 0.6 is 0 Å². The second-order valence-corrected chi connectivity index (χ2v) is 6.09. The van der Waals surface area contributed by atoms with Crippen LogP contribution in [-0.2, 0) is 10.0 Å². The van der Waals surface area contributed by atoms with Gasteiger partial charge in [-0.15, -0.1) is 0 Å². The van der Waals surface area contributed by atoms with E-state index in [2.05, 4.69) is 10.0 Å². The number of amides is 1. The number of nitrogens with two attached hydrogens (primary N) is 1. The van der Waals surface area contributed by atoms with Crippen LogP contribution in [0.4, 0.5) is 5.69 Å². The lowest BCUT2D eigenvalue weighted by Gasteiger charge is -2.08. The number of nitrogen functional groups attached to an aromatic ring is 1. The fourth-order valence-electron chi connectivity index (χ4n) is 1.42. The molecule has 106 valence electrons. The molecule has 1 rings (SSSR count). The highest BCUT2D eigenvalue weighted by atomic mass is 32.2. The molecule has 0 radical (unpaired) electrons. The van der Waals surface area contributed by atoms with Crippen molar-refractivity contribution in [2.75, 3.05) is 24.6 Å². The van der Waals surface area contributed by atoms with Gasteiger partial charge in [0.1, 0.15) is 0 Å². The molecule has 0 spiro atoms. The smallest absolute Gasteiger partial charge is 0.253 e. The Morgan fingerprint density at radius 3 is 2.58 bits per heavy atom. The Labute approximate surface area is 113 Å². The molecule has 0 saturated carbocycles. The zero-order valence-electron chi connectivity index (χ0n) is 10.8. The van der Waals surface area contributed by atoms with Crippen LogP contribution in [0.1, 0.15) is 23.7 Å². The van der Waals surface area contributed by atoms with Gasteiger partial charge in [0, 0.05) is 18.8 Å². The van der Waals surface area contributed by atoms with Crippen molar-refractivity contribution in [3.05, 3.63) is 29.8 Å². The van der Waals surface area contributed by atoms with E-state index in [0.717, 1.165) is 0 Å². The molecule has 0 aliphatic carbocycles. The molecular weight excluding hydrogens is 266 g/mol. The molecule has 7 heteroatoms. The lowest BCUT2D eigenvalue weighted by Crippen LogP contribution is -2.30. The highest BCUT2D eigenvalue weighted by Gasteiger charge is 2.08. The Bertz CT molecular complexity index is 529. The van der Waals surface area contributed by atoms with Gasteiger partial charge in [-0.05, 0) is 25.5 Å². The van der Waals surface area contributed by atoms with E-state index in [4.69, 9.17) is 5.73 Å². The predicted octanol–water partition coefficient (Wildman–Crippen LogP) is 0.328. The summed E-state index contributed by atoms with van der Waals surface area (Å²) in [6.45, 7) is 2.27. The normalized spacial score (nSPS) is 11.2. The molecule has 6 nitrogen and oxygen atoms in total. The van der Waals surface area contributed by atoms with Crippen molar-refractivity contribution in [1.82, 2.24) is 10.0 Å². The molecule has 0 fully saturated rings. The van der Waals surface area contributed by atoms with Gasteiger partial charge in [0.15, 0.2) is 0 Å². The summed E-state index contributed by atoms with van der Waals surface area (Å²) in [6.07, 6.45) is 0.526. The lowest BCUT2D eigenvalue weighted by atomic mass is 10.1. The number of rotatable bonds is 7. The highest BCUT2D eigenvalue weighted by molar-refractivity contribution is 7.89. The summed E-state index contributed by atoms with van der Waals surface area (Å²) in [4.78, 5) is 11.8. The topological polar surface area (TPSA) is 101 Å². The zero-order chi connectivity index (χ0) is 14.3. The minimum atomic E-state index is -3.16. The van der Waals surface area contributed by atoms with Gasteiger partial charge in [-0.1, -0.05) is 12.1 Å². The molecule has 1 amide bonds. The second kappa shape index (κ2) is 7.10. The second-order valence-electron chi connectivity index (χ2n) is 3.99. The van der Waals surface area contributed by atoms with Crippen LogP contribution in [0.3, 0.4) is 0 Å². The Morgan fingerprint density at radius 1 is 1.26 bits per heavy atom. The monoisotopic (exact) mass is 285 g/mol. The number of carbonyl (C=O) groups is 1. The van der Waals surface area contributed by atoms with E-state index >= 15 is 0 Å². The first-order valence-corrected chi connectivity index (χ1v) is 7.71. The number of sulfonamides is 1. The van der Waals surface area contributed by atoms with Gasteiger partial charge in [0.25, 0.3) is 5.91 Å². The van der Waals surface area contributed by atoms with E-state index in [0.29, 0.717) is 30.8 Å². The number of nitrogens with one attached hydrogen (secondary N) is 2. The summed E-state index contributed by atoms with van der Waals surface area (Å²) in [5.41, 5.74) is 6.52. The Kier molecular flexibility index (Phi) is 5.78. The molecule has 0 unspecified atom stereocenters. The first-order chi connectivity index (χ1) is 8.96. The Balaban J connectivity index is 2.31. The molecular formula is C12H19N3O3S. The summed E-state index contributed by atoms with van der Waals surface area (Å²) in [6, 6.07) is 6.79. The molecule has 1 aromatic carbocycles. The summed E-state index contributed by atoms with van der Waals surface area (Å²) in [5.74, 6) is -0.198. The number of para-hydroxylation sites is 1. The minimum absolute atomic E-state index is 0.0555. The molecule has 0 aliphatic rings. The van der Waals surface area contributed by atoms with Gasteiger partial charge >= 0.3 is 0 Å². The van der Waals surface area contributed by atoms with Crippen LogP contribution in [0.5, 0.6) is 0 Å². The van der Waals surface area contributed by atoms with E-state index in [1.54, 1.807) is 31.2 Å². The minimum Gasteiger partial charge on any atom is -0.398 e. The maximum absolute atomic E-state index is 11.8. The highest BCUT2D eigenvalue weighted by Crippen LogP contribution is 2.09. The molecule has 1 aromatic rings. The maximum Gasteiger partial charge on any atom is 0.253 e. The van der Waals surface area contributed by atoms with Crippen LogP contribution in [0.2, 0.25) is 0 Å². The molecule has 0 aromatic heterocycles. The van der Waals surface area contributed by atoms with Crippen molar-refractivity contribution < 1.29 is 13.2 Å². The van der Waals surface area contributed by atoms with Crippen molar-refractivity contribution in [3.8, 4) is 0 Å². The molecule has 19 heavy (non-hydrogen) atoms. The first-order valence-electron chi connectivity index (χ1n) is 6.06. The SMILES string of the molecule is CCS(=O)(=O)NCCCNC(=O)c1ccccc1N. The van der Waals surface area contributed by atoms with Gasteiger partial charge in [-0.2, -0.15) is 0 Å². The number of hydrogen-bond donors (Lipinski definition) is 3. The van der Waals surface area contributed by atoms with Gasteiger partial charge in [-0.3, -0.25) is 4.79 Å². The molecule has 0 saturated heterocycles. The van der Waals surface area contributed by atoms with Crippen LogP contribution in [0.15, 0.2) is 24.3 Å². The maximum atomic E-state index is 11.8. The van der Waals surface area contributed by atoms with Crippen molar-refractivity contribution in [1.29, 1.82) is 0 Å². The summed E-state index contributed by atoms with van der Waals surface area (Å²) in [7, 11) is -3.16. The van der Waals surface area contributed by atoms with Crippen LogP contribution in [-0.4, -0.2) is 33.2 Å². The van der Waals surface area contributed by atoms with Crippen LogP contribution < -0.4 is 15.8 Å². The lowest BCUT2D eigenvalue weighted by molar-refractivity contribution is 0.0954. The zero-order valence-corrected chi connectivity index (χ0v) is 11.7. The van der Waals surface area contributed by atoms with Gasteiger partial charge in [0.05, 0.1) is 11.3 Å². The molecule has 0 atom stereocenters. The van der Waals surface area contributed by atoms with Gasteiger partial charge in [-0.25, -0.2) is 13.1 Å². The fourth-order valence-corrected chi connectivity index (χ4v) is 2.08. The standard InChI is InChI=1S/C12H19N3O3S/c1-2-19(17,18)15-9-5-8-14-12(16)10-6-3-4-7-11(10)13/h3-4,6-7,15H,2,5,8-9,13H2,1H3,(H,14,16). The van der Waals surface area contributed by atoms with E-state index in [1.165, 1.54) is 0 Å². The number of anilines is 1. The fraction of sp³-hybridized carbons (Fsp3) is 0.417. The summed E-state index contributed by atoms with van der Waals surface area (Å²) in [5, 5.41) is 2.69. The van der Waals surface area contributed by atoms with E-state index < -0.39 is 10.0 Å². The van der Waals surface area contributed by atoms with Gasteiger partial charge in [0.2, 0.25) is 10.0 Å². The average Bonchev–Trinajstić information content (AvgIpc) is 2.38. The van der Waals surface area contributed by atoms with Crippen molar-refractivity contribution in [2.24, 2.45) is 0 Å². The molecule has 0 aliphatic heterocycles. The summed E-state index contributed by atoms with van der Waals surface area (Å²) < 4.78 is 24.7. The van der Waals surface area contributed by atoms with Crippen molar-refractivity contribution in [2.45, 2.75) is 13.3 Å². The van der Waals surface area contributed by atoms with Crippen molar-refractivity contribution >= 4 is 21.6 Å². The van der Waals surface area contributed by atoms with E-state index in [-0.39, 0.29) is 11.7 Å². The predicted molar refractivity (Wildman–Crippen MR) is 75.3 cm³/mol. The third-order valence-corrected chi connectivity index (χ3v) is 3.95. The quantitative estimate of drug-likeness (QED) is 0.496. The third-order valence-electron chi connectivity index (χ3n) is 2.55. The largest absolute Gasteiger partial charge is 0.398 e. The van der Waals surface area contributed by atoms with Gasteiger partial charge < -0.3 is 11.1 Å². The molecule has 4 N–H and O–H groups in total. The van der Waals surface area contributed by atoms with E-state index in [1.807, 2.05) is 0 Å². The molecule has 0 heterocycles. The van der Waals surface area contributed by atoms with Crippen molar-refractivity contribution in [3.63, 3.8) is 0 Å². The Morgan fingerprint density at radius 2 is 1.95 bits per heavy atom. The third kappa shape index (κ3) is 5.27. The number of benzene rings is 1. The summed E-state index contributed by atoms with van der Waals surface area (Å²) >= 11 is 0. The average molecular weight is 285 g/mol. The Hall–Kier alpha value is -1.60. The number of carbonyl (C=O) groups excluding carboxylic acids is 1. The first kappa shape index (κ1) is 15.5. The number of hydrogen-bond acceptors (Lipinski definition) is 4. The molecule has 0 bridgehead atoms. The van der Waals surface area contributed by atoms with E-state index in [9.17, 15) is 13.2 Å². The van der Waals surface area contributed by atoms with Crippen LogP contribution in [0, 0.1) is 0 Å². The van der Waals surface area contributed by atoms with Crippen LogP contribution in [0.25, 0.3) is 0 Å².